The molecule has 0 amide bonds. The number of phosphoric acid groups is 1. The molecular formula is C2H7CuO5P. The van der Waals surface area contributed by atoms with Crippen molar-refractivity contribution in [3.8, 4) is 0 Å². The number of aliphatic hydroxyl groups is 1. The Morgan fingerprint density at radius 2 is 1.89 bits per heavy atom. The second-order valence-corrected chi connectivity index (χ2v) is 2.29. The molecule has 0 aromatic rings. The molecule has 61 valence electrons. The third kappa shape index (κ3) is 11.9. The van der Waals surface area contributed by atoms with E-state index in [0.717, 1.165) is 0 Å². The molecule has 0 aliphatic carbocycles. The zero-order chi connectivity index (χ0) is 6.62. The quantitative estimate of drug-likeness (QED) is 0.410. The SMILES string of the molecule is O=P(O)(O)OCCO.[Cu]. The molecule has 9 heavy (non-hydrogen) atoms. The van der Waals surface area contributed by atoms with Crippen LogP contribution in [0.2, 0.25) is 0 Å². The number of phosphoric ester groups is 1. The predicted octanol–water partition coefficient (Wildman–Crippen LogP) is -0.915. The molecule has 0 atom stereocenters. The Balaban J connectivity index is 0. The minimum atomic E-state index is -4.34. The molecule has 5 nitrogen and oxygen atoms in total. The second-order valence-electron chi connectivity index (χ2n) is 1.05. The van der Waals surface area contributed by atoms with Gasteiger partial charge in [0.05, 0.1) is 13.2 Å². The minimum Gasteiger partial charge on any atom is -0.394 e. The van der Waals surface area contributed by atoms with E-state index in [9.17, 15) is 4.57 Å². The molecule has 0 fully saturated rings. The molecule has 0 spiro atoms. The summed E-state index contributed by atoms with van der Waals surface area (Å²) in [5, 5.41) is 7.96. The summed E-state index contributed by atoms with van der Waals surface area (Å²) in [5.41, 5.74) is 0. The zero-order valence-electron chi connectivity index (χ0n) is 4.32. The van der Waals surface area contributed by atoms with Crippen LogP contribution in [0.3, 0.4) is 0 Å². The van der Waals surface area contributed by atoms with Gasteiger partial charge in [0.2, 0.25) is 0 Å². The van der Waals surface area contributed by atoms with Crippen molar-refractivity contribution in [2.75, 3.05) is 13.2 Å². The summed E-state index contributed by atoms with van der Waals surface area (Å²) in [5.74, 6) is 0. The largest absolute Gasteiger partial charge is 0.469 e. The fourth-order valence-electron chi connectivity index (χ4n) is 0.160. The zero-order valence-corrected chi connectivity index (χ0v) is 6.16. The van der Waals surface area contributed by atoms with Crippen molar-refractivity contribution in [1.29, 1.82) is 0 Å². The summed E-state index contributed by atoms with van der Waals surface area (Å²) in [6.45, 7) is -0.713. The molecule has 0 aromatic carbocycles. The van der Waals surface area contributed by atoms with Gasteiger partial charge in [0.1, 0.15) is 0 Å². The van der Waals surface area contributed by atoms with Crippen molar-refractivity contribution >= 4 is 7.82 Å². The monoisotopic (exact) mass is 205 g/mol. The molecule has 3 N–H and O–H groups in total. The van der Waals surface area contributed by atoms with Crippen molar-refractivity contribution in [3.05, 3.63) is 0 Å². The topological polar surface area (TPSA) is 87.0 Å². The van der Waals surface area contributed by atoms with Crippen LogP contribution >= 0.6 is 7.82 Å². The summed E-state index contributed by atoms with van der Waals surface area (Å²) >= 11 is 0. The first kappa shape index (κ1) is 12.3. The third-order valence-electron chi connectivity index (χ3n) is 0.351. The summed E-state index contributed by atoms with van der Waals surface area (Å²) < 4.78 is 13.5. The third-order valence-corrected chi connectivity index (χ3v) is 0.870. The number of aliphatic hydroxyl groups excluding tert-OH is 1. The van der Waals surface area contributed by atoms with E-state index in [1.54, 1.807) is 0 Å². The fraction of sp³-hybridized carbons (Fsp3) is 1.00. The Morgan fingerprint density at radius 3 is 2.00 bits per heavy atom. The molecule has 0 aliphatic rings. The molecule has 0 rings (SSSR count). The van der Waals surface area contributed by atoms with Crippen molar-refractivity contribution in [1.82, 2.24) is 0 Å². The van der Waals surface area contributed by atoms with E-state index in [2.05, 4.69) is 4.52 Å². The maximum Gasteiger partial charge on any atom is 0.469 e. The van der Waals surface area contributed by atoms with Crippen LogP contribution in [-0.4, -0.2) is 28.1 Å². The van der Waals surface area contributed by atoms with Gasteiger partial charge < -0.3 is 14.9 Å². The van der Waals surface area contributed by atoms with Gasteiger partial charge in [-0.2, -0.15) is 0 Å². The Labute approximate surface area is 62.7 Å². The van der Waals surface area contributed by atoms with Gasteiger partial charge in [-0.05, 0) is 0 Å². The molecule has 7 heteroatoms. The van der Waals surface area contributed by atoms with E-state index in [-0.39, 0.29) is 30.3 Å². The molecule has 0 aromatic heterocycles. The van der Waals surface area contributed by atoms with E-state index in [0.29, 0.717) is 0 Å². The van der Waals surface area contributed by atoms with Crippen molar-refractivity contribution in [2.24, 2.45) is 0 Å². The molecule has 0 saturated heterocycles. The van der Waals surface area contributed by atoms with Crippen LogP contribution in [0.25, 0.3) is 0 Å². The number of hydrogen-bond donors (Lipinski definition) is 3. The molecule has 0 saturated carbocycles. The average molecular weight is 206 g/mol. The van der Waals surface area contributed by atoms with Crippen LogP contribution in [0.5, 0.6) is 0 Å². The van der Waals surface area contributed by atoms with E-state index in [1.165, 1.54) is 0 Å². The Kier molecular flexibility index (Phi) is 7.34. The molecular weight excluding hydrogens is 199 g/mol. The Bertz CT molecular complexity index is 99.1. The van der Waals surface area contributed by atoms with Gasteiger partial charge in [-0.1, -0.05) is 0 Å². The first-order valence-electron chi connectivity index (χ1n) is 1.87. The van der Waals surface area contributed by atoms with Gasteiger partial charge in [-0.25, -0.2) is 4.57 Å². The van der Waals surface area contributed by atoms with Gasteiger partial charge >= 0.3 is 7.82 Å². The number of rotatable bonds is 3. The Hall–Kier alpha value is 0.589. The van der Waals surface area contributed by atoms with E-state index in [4.69, 9.17) is 14.9 Å². The molecule has 0 bridgehead atoms. The summed E-state index contributed by atoms with van der Waals surface area (Å²) in [6.07, 6.45) is 0. The first-order valence-corrected chi connectivity index (χ1v) is 3.40. The van der Waals surface area contributed by atoms with Gasteiger partial charge in [0, 0.05) is 17.1 Å². The molecule has 1 radical (unpaired) electrons. The Morgan fingerprint density at radius 1 is 1.44 bits per heavy atom. The van der Waals surface area contributed by atoms with E-state index < -0.39 is 7.82 Å². The second kappa shape index (κ2) is 5.38. The smallest absolute Gasteiger partial charge is 0.394 e. The van der Waals surface area contributed by atoms with Crippen LogP contribution < -0.4 is 0 Å². The van der Waals surface area contributed by atoms with Gasteiger partial charge in [-0.15, -0.1) is 0 Å². The van der Waals surface area contributed by atoms with Crippen LogP contribution in [0.4, 0.5) is 0 Å². The van der Waals surface area contributed by atoms with Crippen LogP contribution in [0.1, 0.15) is 0 Å². The molecule has 0 aliphatic heterocycles. The van der Waals surface area contributed by atoms with Crippen molar-refractivity contribution in [3.63, 3.8) is 0 Å². The molecule has 0 unspecified atom stereocenters. The van der Waals surface area contributed by atoms with Gasteiger partial charge in [0.25, 0.3) is 0 Å². The van der Waals surface area contributed by atoms with Crippen molar-refractivity contribution < 1.29 is 41.1 Å². The standard InChI is InChI=1S/C2H7O5P.Cu/c3-1-2-7-8(4,5)6;/h3H,1-2H2,(H2,4,5,6);. The van der Waals surface area contributed by atoms with Crippen molar-refractivity contribution in [2.45, 2.75) is 0 Å². The maximum absolute atomic E-state index is 9.75. The molecule has 0 heterocycles. The van der Waals surface area contributed by atoms with E-state index in [1.807, 2.05) is 0 Å². The summed E-state index contributed by atoms with van der Waals surface area (Å²) in [6, 6.07) is 0. The summed E-state index contributed by atoms with van der Waals surface area (Å²) in [4.78, 5) is 15.9. The normalized spacial score (nSPS) is 10.6. The van der Waals surface area contributed by atoms with Gasteiger partial charge in [-0.3, -0.25) is 4.52 Å². The van der Waals surface area contributed by atoms with E-state index >= 15 is 0 Å². The predicted molar refractivity (Wildman–Crippen MR) is 25.1 cm³/mol. The number of hydrogen-bond acceptors (Lipinski definition) is 3. The van der Waals surface area contributed by atoms with Crippen LogP contribution in [0.15, 0.2) is 0 Å². The maximum atomic E-state index is 9.75. The minimum absolute atomic E-state index is 0. The first-order chi connectivity index (χ1) is 3.56. The average Bonchev–Trinajstić information content (AvgIpc) is 1.59. The van der Waals surface area contributed by atoms with Crippen LogP contribution in [-0.2, 0) is 26.2 Å². The summed E-state index contributed by atoms with van der Waals surface area (Å²) in [7, 11) is -4.34. The van der Waals surface area contributed by atoms with Gasteiger partial charge in [0.15, 0.2) is 0 Å². The fourth-order valence-corrected chi connectivity index (χ4v) is 0.479. The van der Waals surface area contributed by atoms with Crippen LogP contribution in [0, 0.1) is 0 Å².